The van der Waals surface area contributed by atoms with Crippen LogP contribution in [0.25, 0.3) is 0 Å². The number of nitrogens with zero attached hydrogens (tertiary/aromatic N) is 2. The van der Waals surface area contributed by atoms with Gasteiger partial charge in [0.25, 0.3) is 11.6 Å². The highest BCUT2D eigenvalue weighted by Crippen LogP contribution is 2.37. The zero-order chi connectivity index (χ0) is 18.1. The van der Waals surface area contributed by atoms with Crippen LogP contribution in [-0.4, -0.2) is 35.2 Å². The predicted molar refractivity (Wildman–Crippen MR) is 104 cm³/mol. The molecule has 0 aliphatic carbocycles. The minimum Gasteiger partial charge on any atom is -0.494 e. The minimum atomic E-state index is -0.997. The first kappa shape index (κ1) is 17.1. The Morgan fingerprint density at radius 1 is 1.12 bits per heavy atom. The number of amidine groups is 1. The van der Waals surface area contributed by atoms with Gasteiger partial charge >= 0.3 is 0 Å². The Labute approximate surface area is 155 Å². The summed E-state index contributed by atoms with van der Waals surface area (Å²) in [7, 11) is 0. The number of anilines is 1. The molecule has 0 bridgehead atoms. The molecule has 0 amide bonds. The monoisotopic (exact) mass is 351 g/mol. The van der Waals surface area contributed by atoms with Crippen LogP contribution < -0.4 is 9.64 Å². The quantitative estimate of drug-likeness (QED) is 0.854. The standard InChI is InChI=1S/C22H27N2O2/c1-3-26-19-13-11-18(12-14-19)22(25)16-23(20-9-5-4-8-17(20)2)21-10-6-7-15-24(21)22/h4-5,8-9,11-14,25H,3,6-7,10,15-16H2,1-2H3/q+1/t22-/m1/s1. The Hall–Kier alpha value is -2.33. The maximum Gasteiger partial charge on any atom is 0.271 e. The number of para-hydroxylation sites is 1. The molecule has 0 aromatic heterocycles. The van der Waals surface area contributed by atoms with Crippen LogP contribution in [0.5, 0.6) is 5.75 Å². The third kappa shape index (κ3) is 2.78. The number of hydrogen-bond acceptors (Lipinski definition) is 3. The number of rotatable bonds is 4. The van der Waals surface area contributed by atoms with Crippen LogP contribution in [0.1, 0.15) is 37.3 Å². The highest BCUT2D eigenvalue weighted by molar-refractivity contribution is 5.96. The molecule has 0 radical (unpaired) electrons. The smallest absolute Gasteiger partial charge is 0.271 e. The van der Waals surface area contributed by atoms with Gasteiger partial charge in [0, 0.05) is 12.0 Å². The van der Waals surface area contributed by atoms with E-state index in [-0.39, 0.29) is 0 Å². The average Bonchev–Trinajstić information content (AvgIpc) is 2.97. The number of aliphatic hydroxyl groups is 1. The van der Waals surface area contributed by atoms with Gasteiger partial charge in [-0.25, -0.2) is 9.48 Å². The third-order valence-corrected chi connectivity index (χ3v) is 5.51. The lowest BCUT2D eigenvalue weighted by Crippen LogP contribution is -2.41. The molecule has 26 heavy (non-hydrogen) atoms. The van der Waals surface area contributed by atoms with Gasteiger partial charge in [-0.1, -0.05) is 18.2 Å². The van der Waals surface area contributed by atoms with E-state index >= 15 is 0 Å². The topological polar surface area (TPSA) is 35.7 Å². The van der Waals surface area contributed by atoms with Crippen LogP contribution in [0.15, 0.2) is 48.5 Å². The second-order valence-electron chi connectivity index (χ2n) is 7.17. The molecule has 2 aliphatic rings. The van der Waals surface area contributed by atoms with Crippen LogP contribution in [-0.2, 0) is 5.72 Å². The lowest BCUT2D eigenvalue weighted by atomic mass is 10.0. The molecule has 2 heterocycles. The van der Waals surface area contributed by atoms with Crippen molar-refractivity contribution < 1.29 is 14.4 Å². The molecule has 0 saturated carbocycles. The van der Waals surface area contributed by atoms with Crippen LogP contribution in [0.2, 0.25) is 0 Å². The maximum atomic E-state index is 11.7. The van der Waals surface area contributed by atoms with Gasteiger partial charge in [0.1, 0.15) is 11.4 Å². The van der Waals surface area contributed by atoms with Gasteiger partial charge in [-0.2, -0.15) is 0 Å². The molecule has 136 valence electrons. The molecule has 0 fully saturated rings. The van der Waals surface area contributed by atoms with Gasteiger partial charge in [-0.3, -0.25) is 0 Å². The molecule has 2 aromatic carbocycles. The van der Waals surface area contributed by atoms with Crippen molar-refractivity contribution in [1.29, 1.82) is 0 Å². The molecule has 4 nitrogen and oxygen atoms in total. The van der Waals surface area contributed by atoms with Crippen LogP contribution in [0, 0.1) is 6.92 Å². The Kier molecular flexibility index (Phi) is 4.45. The summed E-state index contributed by atoms with van der Waals surface area (Å²) in [4.78, 5) is 2.31. The number of aryl methyl sites for hydroxylation is 1. The average molecular weight is 351 g/mol. The summed E-state index contributed by atoms with van der Waals surface area (Å²) in [5.74, 6) is 2.08. The Balaban J connectivity index is 1.75. The van der Waals surface area contributed by atoms with E-state index in [4.69, 9.17) is 4.74 Å². The molecule has 1 atom stereocenters. The van der Waals surface area contributed by atoms with Crippen molar-refractivity contribution in [1.82, 2.24) is 0 Å². The van der Waals surface area contributed by atoms with Crippen molar-refractivity contribution in [2.45, 2.75) is 38.8 Å². The van der Waals surface area contributed by atoms with Crippen LogP contribution in [0.4, 0.5) is 5.69 Å². The first-order chi connectivity index (χ1) is 12.6. The van der Waals surface area contributed by atoms with Gasteiger partial charge in [0.15, 0.2) is 6.54 Å². The summed E-state index contributed by atoms with van der Waals surface area (Å²) in [6.45, 7) is 6.21. The van der Waals surface area contributed by atoms with Crippen molar-refractivity contribution in [3.8, 4) is 5.75 Å². The molecule has 4 rings (SSSR count). The number of hydrogen-bond donors (Lipinski definition) is 1. The van der Waals surface area contributed by atoms with Crippen molar-refractivity contribution in [2.24, 2.45) is 0 Å². The van der Waals surface area contributed by atoms with Gasteiger partial charge < -0.3 is 9.84 Å². The zero-order valence-electron chi connectivity index (χ0n) is 15.6. The highest BCUT2D eigenvalue weighted by Gasteiger charge is 2.52. The second kappa shape index (κ2) is 6.76. The van der Waals surface area contributed by atoms with E-state index in [0.717, 1.165) is 30.7 Å². The second-order valence-corrected chi connectivity index (χ2v) is 7.17. The summed E-state index contributed by atoms with van der Waals surface area (Å²) in [5.41, 5.74) is 2.36. The van der Waals surface area contributed by atoms with E-state index < -0.39 is 5.72 Å². The van der Waals surface area contributed by atoms with E-state index in [1.165, 1.54) is 23.5 Å². The summed E-state index contributed by atoms with van der Waals surface area (Å²) < 4.78 is 7.77. The third-order valence-electron chi connectivity index (χ3n) is 5.51. The fourth-order valence-corrected chi connectivity index (χ4v) is 4.22. The van der Waals surface area contributed by atoms with Crippen molar-refractivity contribution >= 4 is 11.5 Å². The molecule has 1 N–H and O–H groups in total. The molecular formula is C22H27N2O2+. The molecule has 4 heteroatoms. The van der Waals surface area contributed by atoms with Crippen molar-refractivity contribution in [3.63, 3.8) is 0 Å². The van der Waals surface area contributed by atoms with Crippen molar-refractivity contribution in [2.75, 3.05) is 24.6 Å². The van der Waals surface area contributed by atoms with E-state index in [2.05, 4.69) is 40.7 Å². The van der Waals surface area contributed by atoms with Crippen LogP contribution >= 0.6 is 0 Å². The summed E-state index contributed by atoms with van der Waals surface area (Å²) >= 11 is 0. The SMILES string of the molecule is CCOc1ccc([C@]2(O)CN(c3ccccc3C)C3=[N+]2CCCC3)cc1. The lowest BCUT2D eigenvalue weighted by molar-refractivity contribution is -0.661. The predicted octanol–water partition coefficient (Wildman–Crippen LogP) is 3.65. The van der Waals surface area contributed by atoms with E-state index in [1.54, 1.807) is 0 Å². The number of benzene rings is 2. The van der Waals surface area contributed by atoms with Gasteiger partial charge in [0.05, 0.1) is 13.2 Å². The Morgan fingerprint density at radius 3 is 2.62 bits per heavy atom. The van der Waals surface area contributed by atoms with E-state index in [1.807, 2.05) is 31.2 Å². The lowest BCUT2D eigenvalue weighted by Gasteiger charge is -2.24. The molecule has 0 spiro atoms. The zero-order valence-corrected chi connectivity index (χ0v) is 15.6. The highest BCUT2D eigenvalue weighted by atomic mass is 16.5. The molecular weight excluding hydrogens is 324 g/mol. The Morgan fingerprint density at radius 2 is 1.88 bits per heavy atom. The van der Waals surface area contributed by atoms with E-state index in [9.17, 15) is 5.11 Å². The van der Waals surface area contributed by atoms with Crippen molar-refractivity contribution in [3.05, 3.63) is 59.7 Å². The Bertz CT molecular complexity index is 828. The van der Waals surface area contributed by atoms with Gasteiger partial charge in [-0.05, 0) is 62.6 Å². The molecule has 0 unspecified atom stereocenters. The normalized spacial score (nSPS) is 22.5. The summed E-state index contributed by atoms with van der Waals surface area (Å²) in [6.07, 6.45) is 3.30. The summed E-state index contributed by atoms with van der Waals surface area (Å²) in [5, 5.41) is 11.7. The molecule has 2 aliphatic heterocycles. The first-order valence-corrected chi connectivity index (χ1v) is 9.56. The summed E-state index contributed by atoms with van der Waals surface area (Å²) in [6, 6.07) is 16.3. The largest absolute Gasteiger partial charge is 0.494 e. The van der Waals surface area contributed by atoms with E-state index in [0.29, 0.717) is 13.2 Å². The van der Waals surface area contributed by atoms with Gasteiger partial charge in [-0.15, -0.1) is 0 Å². The molecule has 0 saturated heterocycles. The van der Waals surface area contributed by atoms with Gasteiger partial charge in [0.2, 0.25) is 0 Å². The first-order valence-electron chi connectivity index (χ1n) is 9.56. The van der Waals surface area contributed by atoms with Crippen LogP contribution in [0.3, 0.4) is 0 Å². The minimum absolute atomic E-state index is 0.557. The fourth-order valence-electron chi connectivity index (χ4n) is 4.22. The number of β-amino-alcohol motifs (C(OH)–C–C–N with tert-alkyl or cyclic N) is 1. The fraction of sp³-hybridized carbons (Fsp3) is 0.409. The maximum absolute atomic E-state index is 11.7. The number of ether oxygens (including phenoxy) is 1. The molecule has 2 aromatic rings.